The SMILES string of the molecule is C[C@@]1(c2ccc(-c3ccccc3)cc2)NC(=O)[C@H](CCCCN)N(c2ccc(-c3ccccc3)cc2)C1=O. The molecule has 5 nitrogen and oxygen atoms in total. The predicted molar refractivity (Wildman–Crippen MR) is 153 cm³/mol. The fourth-order valence-corrected chi connectivity index (χ4v) is 5.19. The maximum Gasteiger partial charge on any atom is 0.257 e. The molecule has 1 fully saturated rings. The van der Waals surface area contributed by atoms with E-state index in [9.17, 15) is 9.59 Å². The highest BCUT2D eigenvalue weighted by molar-refractivity contribution is 6.11. The van der Waals surface area contributed by atoms with Crippen LogP contribution in [0.3, 0.4) is 0 Å². The van der Waals surface area contributed by atoms with Crippen LogP contribution >= 0.6 is 0 Å². The molecular weight excluding hydrogens is 470 g/mol. The first kappa shape index (κ1) is 25.4. The lowest BCUT2D eigenvalue weighted by atomic mass is 9.85. The van der Waals surface area contributed by atoms with E-state index in [1.807, 2.05) is 84.9 Å². The van der Waals surface area contributed by atoms with E-state index in [1.54, 1.807) is 11.8 Å². The summed E-state index contributed by atoms with van der Waals surface area (Å²) in [5.41, 5.74) is 10.3. The number of anilines is 1. The first-order valence-electron chi connectivity index (χ1n) is 13.2. The molecule has 1 aliphatic rings. The van der Waals surface area contributed by atoms with Gasteiger partial charge in [-0.25, -0.2) is 0 Å². The van der Waals surface area contributed by atoms with Crippen molar-refractivity contribution in [3.63, 3.8) is 0 Å². The van der Waals surface area contributed by atoms with Crippen molar-refractivity contribution in [2.75, 3.05) is 11.4 Å². The number of rotatable bonds is 8. The largest absolute Gasteiger partial charge is 0.336 e. The van der Waals surface area contributed by atoms with Gasteiger partial charge in [-0.15, -0.1) is 0 Å². The summed E-state index contributed by atoms with van der Waals surface area (Å²) in [5, 5.41) is 3.07. The number of carbonyl (C=O) groups is 2. The smallest absolute Gasteiger partial charge is 0.257 e. The molecule has 5 rings (SSSR count). The van der Waals surface area contributed by atoms with Gasteiger partial charge in [0, 0.05) is 5.69 Å². The Morgan fingerprint density at radius 1 is 0.711 bits per heavy atom. The van der Waals surface area contributed by atoms with Crippen LogP contribution in [-0.4, -0.2) is 24.4 Å². The maximum absolute atomic E-state index is 14.2. The van der Waals surface area contributed by atoms with E-state index < -0.39 is 11.6 Å². The zero-order valence-electron chi connectivity index (χ0n) is 21.6. The molecule has 0 unspecified atom stereocenters. The first-order valence-corrected chi connectivity index (χ1v) is 13.2. The number of piperazine rings is 1. The number of carbonyl (C=O) groups excluding carboxylic acids is 2. The molecule has 0 radical (unpaired) electrons. The van der Waals surface area contributed by atoms with E-state index in [0.29, 0.717) is 13.0 Å². The minimum Gasteiger partial charge on any atom is -0.336 e. The molecule has 3 N–H and O–H groups in total. The standard InChI is InChI=1S/C33H33N3O2/c1-33(28-19-15-26(16-20-28)24-10-4-2-5-11-24)32(38)36(30(31(37)35-33)14-8-9-23-34)29-21-17-27(18-22-29)25-12-6-3-7-13-25/h2-7,10-13,15-22,30H,8-9,14,23,34H2,1H3,(H,35,37)/t30-,33-/m0/s1. The number of nitrogens with one attached hydrogen (secondary N) is 1. The molecule has 38 heavy (non-hydrogen) atoms. The molecule has 2 atom stereocenters. The molecule has 1 aliphatic heterocycles. The van der Waals surface area contributed by atoms with Crippen LogP contribution in [0.1, 0.15) is 31.7 Å². The zero-order valence-corrected chi connectivity index (χ0v) is 21.6. The lowest BCUT2D eigenvalue weighted by Gasteiger charge is -2.44. The molecule has 1 saturated heterocycles. The lowest BCUT2D eigenvalue weighted by Crippen LogP contribution is -2.68. The zero-order chi connectivity index (χ0) is 26.5. The number of amides is 2. The van der Waals surface area contributed by atoms with Gasteiger partial charge in [-0.1, -0.05) is 97.1 Å². The van der Waals surface area contributed by atoms with Gasteiger partial charge in [0.05, 0.1) is 0 Å². The summed E-state index contributed by atoms with van der Waals surface area (Å²) in [6.07, 6.45) is 2.12. The van der Waals surface area contributed by atoms with E-state index in [4.69, 9.17) is 5.73 Å². The van der Waals surface area contributed by atoms with Crippen molar-refractivity contribution in [1.82, 2.24) is 5.32 Å². The van der Waals surface area contributed by atoms with Crippen molar-refractivity contribution in [2.45, 2.75) is 37.8 Å². The Morgan fingerprint density at radius 2 is 1.21 bits per heavy atom. The molecule has 0 saturated carbocycles. The second-order valence-corrected chi connectivity index (χ2v) is 9.95. The second-order valence-electron chi connectivity index (χ2n) is 9.95. The Balaban J connectivity index is 1.49. The Bertz CT molecular complexity index is 1390. The van der Waals surface area contributed by atoms with Crippen LogP contribution in [0.25, 0.3) is 22.3 Å². The highest BCUT2D eigenvalue weighted by Gasteiger charge is 2.49. The van der Waals surface area contributed by atoms with Crippen molar-refractivity contribution in [3.05, 3.63) is 115 Å². The normalized spacial score (nSPS) is 19.3. The monoisotopic (exact) mass is 503 g/mol. The van der Waals surface area contributed by atoms with Crippen molar-refractivity contribution >= 4 is 17.5 Å². The third kappa shape index (κ3) is 4.98. The Morgan fingerprint density at radius 3 is 1.74 bits per heavy atom. The molecule has 0 spiro atoms. The van der Waals surface area contributed by atoms with Crippen LogP contribution in [0.15, 0.2) is 109 Å². The van der Waals surface area contributed by atoms with Gasteiger partial charge in [0.15, 0.2) is 0 Å². The molecule has 192 valence electrons. The Labute approximate surface area is 224 Å². The fraction of sp³-hybridized carbons (Fsp3) is 0.212. The van der Waals surface area contributed by atoms with Gasteiger partial charge >= 0.3 is 0 Å². The van der Waals surface area contributed by atoms with Crippen molar-refractivity contribution in [3.8, 4) is 22.3 Å². The number of hydrogen-bond acceptors (Lipinski definition) is 3. The van der Waals surface area contributed by atoms with E-state index in [2.05, 4.69) is 29.6 Å². The predicted octanol–water partition coefficient (Wildman–Crippen LogP) is 5.90. The van der Waals surface area contributed by atoms with Crippen LogP contribution in [0, 0.1) is 0 Å². The molecule has 0 aliphatic carbocycles. The Kier molecular flexibility index (Phi) is 7.38. The van der Waals surface area contributed by atoms with Gasteiger partial charge < -0.3 is 11.1 Å². The van der Waals surface area contributed by atoms with Crippen LogP contribution in [-0.2, 0) is 15.1 Å². The van der Waals surface area contributed by atoms with Crippen molar-refractivity contribution in [1.29, 1.82) is 0 Å². The highest BCUT2D eigenvalue weighted by Crippen LogP contribution is 2.35. The van der Waals surface area contributed by atoms with Crippen LogP contribution < -0.4 is 16.0 Å². The molecule has 0 aromatic heterocycles. The second kappa shape index (κ2) is 11.0. The summed E-state index contributed by atoms with van der Waals surface area (Å²) in [7, 11) is 0. The van der Waals surface area contributed by atoms with E-state index in [1.165, 1.54) is 0 Å². The molecule has 2 amide bonds. The van der Waals surface area contributed by atoms with Crippen molar-refractivity contribution < 1.29 is 9.59 Å². The summed E-state index contributed by atoms with van der Waals surface area (Å²) in [5.74, 6) is -0.293. The summed E-state index contributed by atoms with van der Waals surface area (Å²) < 4.78 is 0. The molecule has 1 heterocycles. The summed E-state index contributed by atoms with van der Waals surface area (Å²) in [6, 6.07) is 35.4. The molecule has 4 aromatic carbocycles. The van der Waals surface area contributed by atoms with Gasteiger partial charge in [-0.2, -0.15) is 0 Å². The average Bonchev–Trinajstić information content (AvgIpc) is 2.97. The lowest BCUT2D eigenvalue weighted by molar-refractivity contribution is -0.138. The average molecular weight is 504 g/mol. The number of hydrogen-bond donors (Lipinski definition) is 2. The van der Waals surface area contributed by atoms with Crippen LogP contribution in [0.5, 0.6) is 0 Å². The van der Waals surface area contributed by atoms with Gasteiger partial charge in [0.2, 0.25) is 5.91 Å². The van der Waals surface area contributed by atoms with Crippen LogP contribution in [0.2, 0.25) is 0 Å². The van der Waals surface area contributed by atoms with E-state index >= 15 is 0 Å². The minimum atomic E-state index is -1.19. The van der Waals surface area contributed by atoms with Crippen molar-refractivity contribution in [2.24, 2.45) is 5.73 Å². The number of benzene rings is 4. The number of nitrogens with zero attached hydrogens (tertiary/aromatic N) is 1. The van der Waals surface area contributed by atoms with Gasteiger partial charge in [0.1, 0.15) is 11.6 Å². The topological polar surface area (TPSA) is 75.4 Å². The Hall–Kier alpha value is -4.22. The molecule has 4 aromatic rings. The third-order valence-corrected chi connectivity index (χ3v) is 7.39. The van der Waals surface area contributed by atoms with E-state index in [-0.39, 0.29) is 11.8 Å². The quantitative estimate of drug-likeness (QED) is 0.294. The number of unbranched alkanes of at least 4 members (excludes halogenated alkanes) is 1. The molecule has 0 bridgehead atoms. The first-order chi connectivity index (χ1) is 18.5. The molecular formula is C33H33N3O2. The van der Waals surface area contributed by atoms with E-state index in [0.717, 1.165) is 46.3 Å². The minimum absolute atomic E-state index is 0.144. The maximum atomic E-state index is 14.2. The summed E-state index contributed by atoms with van der Waals surface area (Å²) in [4.78, 5) is 29.5. The van der Waals surface area contributed by atoms with Crippen LogP contribution in [0.4, 0.5) is 5.69 Å². The highest BCUT2D eigenvalue weighted by atomic mass is 16.2. The van der Waals surface area contributed by atoms with Gasteiger partial charge in [-0.3, -0.25) is 14.5 Å². The molecule has 5 heteroatoms. The summed E-state index contributed by atoms with van der Waals surface area (Å²) in [6.45, 7) is 2.35. The third-order valence-electron chi connectivity index (χ3n) is 7.39. The number of nitrogens with two attached hydrogens (primary N) is 1. The van der Waals surface area contributed by atoms with Gasteiger partial charge in [-0.05, 0) is 72.7 Å². The van der Waals surface area contributed by atoms with Gasteiger partial charge in [0.25, 0.3) is 5.91 Å². The summed E-state index contributed by atoms with van der Waals surface area (Å²) >= 11 is 0. The fourth-order valence-electron chi connectivity index (χ4n) is 5.19.